The lowest BCUT2D eigenvalue weighted by atomic mass is 10.0. The molecule has 1 atom stereocenters. The first kappa shape index (κ1) is 20.9. The molecule has 2 aromatic rings. The highest BCUT2D eigenvalue weighted by Crippen LogP contribution is 2.37. The van der Waals surface area contributed by atoms with Gasteiger partial charge in [0.05, 0.1) is 27.9 Å². The number of rotatable bonds is 3. The number of anilines is 1. The summed E-state index contributed by atoms with van der Waals surface area (Å²) in [6.07, 6.45) is -3.09. The van der Waals surface area contributed by atoms with Crippen molar-refractivity contribution in [1.29, 1.82) is 0 Å². The van der Waals surface area contributed by atoms with Crippen LogP contribution >= 0.6 is 11.6 Å². The number of hydrogen-bond donors (Lipinski definition) is 2. The number of nitrogens with two attached hydrogens (primary N) is 1. The van der Waals surface area contributed by atoms with E-state index in [-0.39, 0.29) is 24.3 Å². The van der Waals surface area contributed by atoms with Crippen molar-refractivity contribution < 1.29 is 22.4 Å². The van der Waals surface area contributed by atoms with E-state index in [4.69, 9.17) is 17.3 Å². The van der Waals surface area contributed by atoms with Gasteiger partial charge in [0.25, 0.3) is 5.91 Å². The second kappa shape index (κ2) is 7.90. The minimum atomic E-state index is -4.67. The highest BCUT2D eigenvalue weighted by atomic mass is 35.5. The molecule has 0 saturated carbocycles. The van der Waals surface area contributed by atoms with E-state index in [9.17, 15) is 22.4 Å². The highest BCUT2D eigenvalue weighted by Gasteiger charge is 2.36. The van der Waals surface area contributed by atoms with Gasteiger partial charge in [-0.15, -0.1) is 0 Å². The second-order valence-electron chi connectivity index (χ2n) is 6.51. The molecular formula is C19H17ClF4N4O. The largest absolute Gasteiger partial charge is 0.417 e. The third-order valence-corrected chi connectivity index (χ3v) is 5.07. The summed E-state index contributed by atoms with van der Waals surface area (Å²) in [4.78, 5) is 18.2. The number of hydrogen-bond acceptors (Lipinski definition) is 4. The number of nitrogens with zero attached hydrogens (tertiary/aromatic N) is 2. The molecule has 0 bridgehead atoms. The van der Waals surface area contributed by atoms with Crippen molar-refractivity contribution in [3.05, 3.63) is 69.9 Å². The van der Waals surface area contributed by atoms with Crippen molar-refractivity contribution in [3.63, 3.8) is 0 Å². The molecule has 3 N–H and O–H groups in total. The van der Waals surface area contributed by atoms with Crippen LogP contribution in [0.15, 0.2) is 47.9 Å². The Kier molecular flexibility index (Phi) is 5.70. The van der Waals surface area contributed by atoms with Crippen molar-refractivity contribution in [2.24, 2.45) is 5.73 Å². The van der Waals surface area contributed by atoms with Crippen molar-refractivity contribution >= 4 is 23.3 Å². The smallest absolute Gasteiger partial charge is 0.399 e. The molecule has 1 aromatic carbocycles. The van der Waals surface area contributed by atoms with Crippen LogP contribution in [0.3, 0.4) is 0 Å². The average molecular weight is 429 g/mol. The van der Waals surface area contributed by atoms with E-state index in [1.807, 2.05) is 0 Å². The molecule has 1 amide bonds. The monoisotopic (exact) mass is 428 g/mol. The molecule has 1 aliphatic rings. The van der Waals surface area contributed by atoms with Crippen LogP contribution in [-0.2, 0) is 6.18 Å². The Labute approximate surface area is 169 Å². The van der Waals surface area contributed by atoms with Gasteiger partial charge in [-0.2, -0.15) is 13.2 Å². The van der Waals surface area contributed by atoms with Gasteiger partial charge in [0.2, 0.25) is 0 Å². The molecule has 1 unspecified atom stereocenters. The van der Waals surface area contributed by atoms with Crippen LogP contribution < -0.4 is 11.1 Å². The number of pyridine rings is 1. The summed E-state index contributed by atoms with van der Waals surface area (Å²) >= 11 is 5.88. The molecule has 2 heterocycles. The summed E-state index contributed by atoms with van der Waals surface area (Å²) in [5, 5.41) is 2.29. The number of carbonyl (C=O) groups is 1. The number of nitrogens with one attached hydrogen (secondary N) is 1. The van der Waals surface area contributed by atoms with Crippen molar-refractivity contribution in [3.8, 4) is 0 Å². The lowest BCUT2D eigenvalue weighted by molar-refractivity contribution is -0.137. The standard InChI is InChI=1S/C19H17ClF4N4O/c1-10-17(25)14(27-15-9-11(21)5-7-26-15)6-8-28(10)18(29)12-3-2-4-13(16(12)20)19(22,23)24/h2-5,7,9-10H,6,8,25H2,1H3,(H,26,27). The SMILES string of the molecule is CC1C(N)=C(Nc2cc(F)ccn2)CCN1C(=O)c1cccc(C(F)(F)F)c1Cl. The third kappa shape index (κ3) is 4.29. The summed E-state index contributed by atoms with van der Waals surface area (Å²) in [5.41, 5.74) is 5.69. The van der Waals surface area contributed by atoms with Crippen molar-refractivity contribution in [2.75, 3.05) is 11.9 Å². The Balaban J connectivity index is 1.85. The predicted octanol–water partition coefficient (Wildman–Crippen LogP) is 4.41. The van der Waals surface area contributed by atoms with Crippen LogP contribution in [-0.4, -0.2) is 28.4 Å². The minimum Gasteiger partial charge on any atom is -0.399 e. The Morgan fingerprint density at radius 2 is 2.07 bits per heavy atom. The van der Waals surface area contributed by atoms with Gasteiger partial charge >= 0.3 is 6.18 Å². The predicted molar refractivity (Wildman–Crippen MR) is 101 cm³/mol. The topological polar surface area (TPSA) is 71.2 Å². The number of halogens is 5. The Hall–Kier alpha value is -2.81. The molecular weight excluding hydrogens is 412 g/mol. The lowest BCUT2D eigenvalue weighted by Crippen LogP contribution is -2.46. The summed E-state index contributed by atoms with van der Waals surface area (Å²) in [6.45, 7) is 1.83. The minimum absolute atomic E-state index is 0.185. The maximum atomic E-state index is 13.3. The zero-order valence-electron chi connectivity index (χ0n) is 15.2. The molecule has 154 valence electrons. The van der Waals surface area contributed by atoms with E-state index in [1.54, 1.807) is 6.92 Å². The first-order valence-electron chi connectivity index (χ1n) is 8.63. The normalized spacial score (nSPS) is 17.4. The highest BCUT2D eigenvalue weighted by molar-refractivity contribution is 6.34. The van der Waals surface area contributed by atoms with Gasteiger partial charge in [0.15, 0.2) is 0 Å². The first-order valence-corrected chi connectivity index (χ1v) is 9.01. The fourth-order valence-corrected chi connectivity index (χ4v) is 3.41. The molecule has 0 saturated heterocycles. The molecule has 29 heavy (non-hydrogen) atoms. The summed E-state index contributed by atoms with van der Waals surface area (Å²) in [7, 11) is 0. The average Bonchev–Trinajstić information content (AvgIpc) is 2.64. The van der Waals surface area contributed by atoms with Gasteiger partial charge in [-0.3, -0.25) is 4.79 Å². The Morgan fingerprint density at radius 3 is 2.72 bits per heavy atom. The van der Waals surface area contributed by atoms with E-state index in [0.29, 0.717) is 11.4 Å². The fourth-order valence-electron chi connectivity index (χ4n) is 3.10. The zero-order chi connectivity index (χ0) is 21.3. The molecule has 1 aromatic heterocycles. The van der Waals surface area contributed by atoms with Crippen LogP contribution in [0.2, 0.25) is 5.02 Å². The van der Waals surface area contributed by atoms with Crippen LogP contribution in [0.4, 0.5) is 23.4 Å². The van der Waals surface area contributed by atoms with Gasteiger partial charge in [-0.1, -0.05) is 17.7 Å². The second-order valence-corrected chi connectivity index (χ2v) is 6.89. The molecule has 3 rings (SSSR count). The molecule has 0 spiro atoms. The van der Waals surface area contributed by atoms with Gasteiger partial charge in [-0.25, -0.2) is 9.37 Å². The van der Waals surface area contributed by atoms with E-state index < -0.39 is 34.5 Å². The zero-order valence-corrected chi connectivity index (χ0v) is 16.0. The van der Waals surface area contributed by atoms with Crippen LogP contribution in [0.25, 0.3) is 0 Å². The number of carbonyl (C=O) groups excluding carboxylic acids is 1. The van der Waals surface area contributed by atoms with Gasteiger partial charge in [0, 0.05) is 30.9 Å². The van der Waals surface area contributed by atoms with Gasteiger partial charge in [0.1, 0.15) is 11.6 Å². The van der Waals surface area contributed by atoms with Crippen LogP contribution in [0.5, 0.6) is 0 Å². The van der Waals surface area contributed by atoms with Crippen molar-refractivity contribution in [2.45, 2.75) is 25.6 Å². The quantitative estimate of drug-likeness (QED) is 0.710. The van der Waals surface area contributed by atoms with Gasteiger partial charge < -0.3 is 16.0 Å². The van der Waals surface area contributed by atoms with E-state index in [2.05, 4.69) is 10.3 Å². The third-order valence-electron chi connectivity index (χ3n) is 4.67. The maximum Gasteiger partial charge on any atom is 0.417 e. The Bertz CT molecular complexity index is 977. The number of amides is 1. The fraction of sp³-hybridized carbons (Fsp3) is 0.263. The lowest BCUT2D eigenvalue weighted by Gasteiger charge is -2.36. The van der Waals surface area contributed by atoms with E-state index >= 15 is 0 Å². The van der Waals surface area contributed by atoms with E-state index in [1.165, 1.54) is 29.3 Å². The molecule has 1 aliphatic heterocycles. The summed E-state index contributed by atoms with van der Waals surface area (Å²) in [5.74, 6) is -0.864. The molecule has 0 radical (unpaired) electrons. The number of benzene rings is 1. The van der Waals surface area contributed by atoms with E-state index in [0.717, 1.165) is 12.1 Å². The van der Waals surface area contributed by atoms with Crippen molar-refractivity contribution in [1.82, 2.24) is 9.88 Å². The van der Waals surface area contributed by atoms with Crippen LogP contribution in [0.1, 0.15) is 29.3 Å². The molecule has 5 nitrogen and oxygen atoms in total. The summed E-state index contributed by atoms with van der Waals surface area (Å²) in [6, 6.07) is 4.99. The molecule has 10 heteroatoms. The molecule has 0 aliphatic carbocycles. The first-order chi connectivity index (χ1) is 13.6. The van der Waals surface area contributed by atoms with Gasteiger partial charge in [-0.05, 0) is 25.1 Å². The maximum absolute atomic E-state index is 13.3. The number of aromatic nitrogens is 1. The molecule has 0 fully saturated rings. The Morgan fingerprint density at radius 1 is 1.34 bits per heavy atom. The summed E-state index contributed by atoms with van der Waals surface area (Å²) < 4.78 is 52.6. The van der Waals surface area contributed by atoms with Crippen LogP contribution in [0, 0.1) is 5.82 Å². The number of alkyl halides is 3.